The highest BCUT2D eigenvalue weighted by Crippen LogP contribution is 2.53. The van der Waals surface area contributed by atoms with E-state index in [2.05, 4.69) is 23.8 Å². The van der Waals surface area contributed by atoms with Crippen LogP contribution in [0.5, 0.6) is 0 Å². The van der Waals surface area contributed by atoms with Crippen LogP contribution in [0.2, 0.25) is 0 Å². The Morgan fingerprint density at radius 3 is 2.33 bits per heavy atom. The third-order valence-electron chi connectivity index (χ3n) is 5.11. The highest BCUT2D eigenvalue weighted by Gasteiger charge is 2.52. The van der Waals surface area contributed by atoms with Gasteiger partial charge in [-0.3, -0.25) is 0 Å². The van der Waals surface area contributed by atoms with E-state index >= 15 is 0 Å². The minimum Gasteiger partial charge on any atom is -0.380 e. The molecule has 1 saturated carbocycles. The summed E-state index contributed by atoms with van der Waals surface area (Å²) in [5, 5.41) is 2.62. The first-order valence-electron chi connectivity index (χ1n) is 8.84. The predicted octanol–water partition coefficient (Wildman–Crippen LogP) is 2.31. The van der Waals surface area contributed by atoms with Crippen molar-refractivity contribution in [3.63, 3.8) is 0 Å². The number of hydrogen-bond donors (Lipinski definition) is 1. The zero-order valence-corrected chi connectivity index (χ0v) is 15.0. The number of nitrogens with zero attached hydrogens (tertiary/aromatic N) is 2. The highest BCUT2D eigenvalue weighted by atomic mass is 16.5. The molecular weight excluding hydrogens is 342 g/mol. The number of nitrogens with one attached hydrogen (secondary N) is 1. The molecule has 3 aromatic rings. The van der Waals surface area contributed by atoms with Crippen LogP contribution in [0.25, 0.3) is 5.69 Å². The van der Waals surface area contributed by atoms with Gasteiger partial charge in [-0.2, -0.15) is 0 Å². The fourth-order valence-electron chi connectivity index (χ4n) is 3.78. The predicted molar refractivity (Wildman–Crippen MR) is 103 cm³/mol. The second-order valence-electron chi connectivity index (χ2n) is 6.78. The van der Waals surface area contributed by atoms with Crippen LogP contribution in [0, 0.1) is 5.92 Å². The normalized spacial score (nSPS) is 21.1. The average Bonchev–Trinajstić information content (AvgIpc) is 3.37. The van der Waals surface area contributed by atoms with Crippen molar-refractivity contribution in [2.24, 2.45) is 5.92 Å². The van der Waals surface area contributed by atoms with Gasteiger partial charge in [0, 0.05) is 18.9 Å². The Bertz CT molecular complexity index is 1060. The first kappa shape index (κ1) is 17.3. The number of methoxy groups -OCH3 is 1. The van der Waals surface area contributed by atoms with Crippen molar-refractivity contribution in [1.29, 1.82) is 0 Å². The maximum Gasteiger partial charge on any atom is 0.351 e. The molecular formula is C21H21N3O3. The Kier molecular flexibility index (Phi) is 4.41. The van der Waals surface area contributed by atoms with Crippen molar-refractivity contribution >= 4 is 0 Å². The zero-order chi connectivity index (χ0) is 19.0. The monoisotopic (exact) mass is 363 g/mol. The molecule has 1 aliphatic rings. The van der Waals surface area contributed by atoms with E-state index < -0.39 is 11.4 Å². The van der Waals surface area contributed by atoms with Gasteiger partial charge in [0.15, 0.2) is 0 Å². The van der Waals surface area contributed by atoms with Crippen molar-refractivity contribution in [3.05, 3.63) is 99.3 Å². The van der Waals surface area contributed by atoms with Gasteiger partial charge in [-0.1, -0.05) is 55.1 Å². The zero-order valence-electron chi connectivity index (χ0n) is 15.0. The average molecular weight is 363 g/mol. The van der Waals surface area contributed by atoms with Crippen molar-refractivity contribution in [2.75, 3.05) is 7.11 Å². The summed E-state index contributed by atoms with van der Waals surface area (Å²) < 4.78 is 8.04. The number of H-pyrrole nitrogens is 1. The first-order valence-corrected chi connectivity index (χ1v) is 8.84. The Hall–Kier alpha value is -3.12. The molecule has 0 amide bonds. The van der Waals surface area contributed by atoms with E-state index in [9.17, 15) is 9.59 Å². The lowest BCUT2D eigenvalue weighted by Crippen LogP contribution is -2.27. The van der Waals surface area contributed by atoms with Crippen LogP contribution in [0.3, 0.4) is 0 Å². The van der Waals surface area contributed by atoms with E-state index in [1.165, 1.54) is 10.2 Å². The largest absolute Gasteiger partial charge is 0.380 e. The summed E-state index contributed by atoms with van der Waals surface area (Å²) >= 11 is 0. The molecule has 0 aliphatic heterocycles. The minimum atomic E-state index is -0.460. The molecule has 0 radical (unpaired) electrons. The number of aromatic amines is 1. The van der Waals surface area contributed by atoms with E-state index in [1.54, 1.807) is 31.4 Å². The van der Waals surface area contributed by atoms with Gasteiger partial charge < -0.3 is 4.74 Å². The van der Waals surface area contributed by atoms with E-state index in [0.717, 1.165) is 10.1 Å². The molecule has 1 aliphatic carbocycles. The molecule has 1 aromatic heterocycles. The lowest BCUT2D eigenvalue weighted by Gasteiger charge is -2.05. The van der Waals surface area contributed by atoms with Gasteiger partial charge in [-0.15, -0.1) is 0 Å². The molecule has 6 heteroatoms. The van der Waals surface area contributed by atoms with Gasteiger partial charge in [0.25, 0.3) is 0 Å². The standard InChI is InChI=1S/C21H21N3O3/c1-14(17-18(19(17)27-2)15-9-5-3-6-10-15)13-23-21(26)24(20(25)22-23)16-11-7-4-8-12-16/h3-12,17-19H,1,13H2,2H3,(H,22,25)/t17?,18-,19?/m1/s1. The summed E-state index contributed by atoms with van der Waals surface area (Å²) in [4.78, 5) is 25.0. The number of aromatic nitrogens is 3. The maximum atomic E-state index is 12.7. The van der Waals surface area contributed by atoms with Gasteiger partial charge in [-0.05, 0) is 23.3 Å². The number of benzene rings is 2. The van der Waals surface area contributed by atoms with Gasteiger partial charge in [0.1, 0.15) is 0 Å². The second kappa shape index (κ2) is 6.89. The molecule has 2 unspecified atom stereocenters. The number of ether oxygens (including phenoxy) is 1. The lowest BCUT2D eigenvalue weighted by atomic mass is 10.1. The van der Waals surface area contributed by atoms with E-state index in [1.807, 2.05) is 24.3 Å². The summed E-state index contributed by atoms with van der Waals surface area (Å²) in [6.45, 7) is 4.42. The molecule has 1 heterocycles. The van der Waals surface area contributed by atoms with Crippen LogP contribution in [-0.2, 0) is 11.3 Å². The Morgan fingerprint density at radius 1 is 1.07 bits per heavy atom. The number of para-hydroxylation sites is 1. The van der Waals surface area contributed by atoms with Crippen LogP contribution in [0.15, 0.2) is 82.4 Å². The van der Waals surface area contributed by atoms with Gasteiger partial charge in [0.05, 0.1) is 18.3 Å². The Labute approximate surface area is 156 Å². The van der Waals surface area contributed by atoms with E-state index in [0.29, 0.717) is 5.69 Å². The van der Waals surface area contributed by atoms with Gasteiger partial charge in [-0.25, -0.2) is 23.9 Å². The summed E-state index contributed by atoms with van der Waals surface area (Å²) in [6, 6.07) is 19.0. The quantitative estimate of drug-likeness (QED) is 0.684. The summed E-state index contributed by atoms with van der Waals surface area (Å²) in [5.74, 6) is 0.343. The third-order valence-corrected chi connectivity index (χ3v) is 5.11. The molecule has 4 rings (SSSR count). The Balaban J connectivity index is 1.58. The van der Waals surface area contributed by atoms with E-state index in [4.69, 9.17) is 4.74 Å². The Morgan fingerprint density at radius 2 is 1.70 bits per heavy atom. The van der Waals surface area contributed by atoms with Gasteiger partial charge >= 0.3 is 11.4 Å². The van der Waals surface area contributed by atoms with Crippen LogP contribution in [0.4, 0.5) is 0 Å². The molecule has 2 aromatic carbocycles. The highest BCUT2D eigenvalue weighted by molar-refractivity contribution is 5.35. The molecule has 0 saturated heterocycles. The molecule has 27 heavy (non-hydrogen) atoms. The molecule has 6 nitrogen and oxygen atoms in total. The molecule has 138 valence electrons. The number of rotatable bonds is 6. The summed E-state index contributed by atoms with van der Waals surface area (Å²) in [7, 11) is 1.69. The maximum absolute atomic E-state index is 12.7. The minimum absolute atomic E-state index is 0.0403. The van der Waals surface area contributed by atoms with Crippen LogP contribution in [-0.4, -0.2) is 27.6 Å². The van der Waals surface area contributed by atoms with E-state index in [-0.39, 0.29) is 24.5 Å². The first-order chi connectivity index (χ1) is 13.1. The molecule has 1 N–H and O–H groups in total. The van der Waals surface area contributed by atoms with Crippen molar-refractivity contribution in [2.45, 2.75) is 18.6 Å². The fourth-order valence-corrected chi connectivity index (χ4v) is 3.78. The lowest BCUT2D eigenvalue weighted by molar-refractivity contribution is 0.169. The number of hydrogen-bond acceptors (Lipinski definition) is 3. The van der Waals surface area contributed by atoms with Crippen molar-refractivity contribution in [3.8, 4) is 5.69 Å². The van der Waals surface area contributed by atoms with Crippen molar-refractivity contribution < 1.29 is 4.74 Å². The van der Waals surface area contributed by atoms with Crippen molar-refractivity contribution in [1.82, 2.24) is 14.3 Å². The summed E-state index contributed by atoms with van der Waals surface area (Å²) in [5.41, 5.74) is 1.73. The molecule has 0 spiro atoms. The van der Waals surface area contributed by atoms with Crippen LogP contribution >= 0.6 is 0 Å². The topological polar surface area (TPSA) is 69.0 Å². The third kappa shape index (κ3) is 3.08. The molecule has 0 bridgehead atoms. The van der Waals surface area contributed by atoms with Crippen LogP contribution in [0.1, 0.15) is 11.5 Å². The van der Waals surface area contributed by atoms with Crippen LogP contribution < -0.4 is 11.4 Å². The second-order valence-corrected chi connectivity index (χ2v) is 6.78. The fraction of sp³-hybridized carbons (Fsp3) is 0.238. The summed E-state index contributed by atoms with van der Waals surface area (Å²) in [6.07, 6.45) is 0.0403. The van der Waals surface area contributed by atoms with Gasteiger partial charge in [0.2, 0.25) is 0 Å². The molecule has 3 atom stereocenters. The smallest absolute Gasteiger partial charge is 0.351 e. The SMILES string of the molecule is C=C(Cn1[nH]c(=O)n(-c2ccccc2)c1=O)C1C(OC)[C@@H]1c1ccccc1. The molecule has 1 fully saturated rings.